The van der Waals surface area contributed by atoms with Crippen LogP contribution in [0.5, 0.6) is 5.75 Å². The molecule has 0 bridgehead atoms. The Morgan fingerprint density at radius 2 is 2.19 bits per heavy atom. The summed E-state index contributed by atoms with van der Waals surface area (Å²) >= 11 is 0. The maximum Gasteiger partial charge on any atom is 0.145 e. The zero-order valence-electron chi connectivity index (χ0n) is 9.21. The fraction of sp³-hybridized carbons (Fsp3) is 0.250. The van der Waals surface area contributed by atoms with Crippen molar-refractivity contribution < 1.29 is 9.50 Å². The van der Waals surface area contributed by atoms with E-state index in [4.69, 9.17) is 0 Å². The summed E-state index contributed by atoms with van der Waals surface area (Å²) in [7, 11) is 1.73. The zero-order chi connectivity index (χ0) is 11.7. The Morgan fingerprint density at radius 3 is 2.81 bits per heavy atom. The second kappa shape index (κ2) is 3.96. The number of nitrogens with one attached hydrogen (secondary N) is 1. The van der Waals surface area contributed by atoms with Gasteiger partial charge in [-0.05, 0) is 6.42 Å². The molecule has 4 heteroatoms. The number of aromatic nitrogens is 1. The summed E-state index contributed by atoms with van der Waals surface area (Å²) in [6.07, 6.45) is 1.78. The van der Waals surface area contributed by atoms with E-state index in [1.807, 2.05) is 6.92 Å². The van der Waals surface area contributed by atoms with Gasteiger partial charge in [0.1, 0.15) is 11.6 Å². The van der Waals surface area contributed by atoms with Crippen LogP contribution in [0.2, 0.25) is 0 Å². The smallest absolute Gasteiger partial charge is 0.145 e. The summed E-state index contributed by atoms with van der Waals surface area (Å²) in [5.74, 6) is -0.185. The average molecular weight is 220 g/mol. The number of rotatable bonds is 2. The van der Waals surface area contributed by atoms with Gasteiger partial charge >= 0.3 is 0 Å². The standard InChI is InChI=1S/C12H13FN2O/c1-3-8-9(13)6-15-11-5-7(16)4-10(14-2)12(8)11/h4-6,14,16H,3H2,1-2H3. The fourth-order valence-corrected chi connectivity index (χ4v) is 1.90. The van der Waals surface area contributed by atoms with Crippen LogP contribution in [0.15, 0.2) is 18.3 Å². The van der Waals surface area contributed by atoms with Gasteiger partial charge in [-0.1, -0.05) is 6.92 Å². The molecular formula is C12H13FN2O. The molecule has 1 aromatic heterocycles. The lowest BCUT2D eigenvalue weighted by atomic mass is 10.0. The number of hydrogen-bond donors (Lipinski definition) is 2. The molecular weight excluding hydrogens is 207 g/mol. The number of fused-ring (bicyclic) bond motifs is 1. The van der Waals surface area contributed by atoms with Crippen LogP contribution in [-0.4, -0.2) is 17.1 Å². The normalized spacial score (nSPS) is 10.7. The Balaban J connectivity index is 2.89. The molecule has 0 amide bonds. The molecule has 0 radical (unpaired) electrons. The van der Waals surface area contributed by atoms with Crippen molar-refractivity contribution in [2.75, 3.05) is 12.4 Å². The van der Waals surface area contributed by atoms with Crippen LogP contribution in [0.1, 0.15) is 12.5 Å². The highest BCUT2D eigenvalue weighted by atomic mass is 19.1. The molecule has 84 valence electrons. The predicted molar refractivity (Wildman–Crippen MR) is 62.3 cm³/mol. The number of hydrogen-bond acceptors (Lipinski definition) is 3. The number of halogens is 1. The van der Waals surface area contributed by atoms with Crippen LogP contribution in [0.25, 0.3) is 10.9 Å². The van der Waals surface area contributed by atoms with Crippen LogP contribution < -0.4 is 5.32 Å². The average Bonchev–Trinajstić information content (AvgIpc) is 2.28. The molecule has 2 rings (SSSR count). The van der Waals surface area contributed by atoms with Crippen molar-refractivity contribution in [3.8, 4) is 5.75 Å². The molecule has 0 atom stereocenters. The van der Waals surface area contributed by atoms with Gasteiger partial charge in [-0.3, -0.25) is 4.98 Å². The minimum atomic E-state index is -0.308. The van der Waals surface area contributed by atoms with Crippen molar-refractivity contribution in [2.24, 2.45) is 0 Å². The third kappa shape index (κ3) is 1.56. The zero-order valence-corrected chi connectivity index (χ0v) is 9.21. The summed E-state index contributed by atoms with van der Waals surface area (Å²) in [4.78, 5) is 3.98. The molecule has 2 N–H and O–H groups in total. The van der Waals surface area contributed by atoms with Crippen molar-refractivity contribution in [1.82, 2.24) is 4.98 Å². The van der Waals surface area contributed by atoms with Crippen molar-refractivity contribution in [2.45, 2.75) is 13.3 Å². The van der Waals surface area contributed by atoms with E-state index in [1.165, 1.54) is 12.3 Å². The van der Waals surface area contributed by atoms with Crippen molar-refractivity contribution >= 4 is 16.6 Å². The van der Waals surface area contributed by atoms with Gasteiger partial charge in [-0.2, -0.15) is 0 Å². The third-order valence-electron chi connectivity index (χ3n) is 2.63. The number of phenolic OH excluding ortho intramolecular Hbond substituents is 1. The van der Waals surface area contributed by atoms with Crippen molar-refractivity contribution in [3.05, 3.63) is 29.7 Å². The lowest BCUT2D eigenvalue weighted by Crippen LogP contribution is -1.97. The van der Waals surface area contributed by atoms with Gasteiger partial charge in [0.2, 0.25) is 0 Å². The van der Waals surface area contributed by atoms with Gasteiger partial charge < -0.3 is 10.4 Å². The highest BCUT2D eigenvalue weighted by Crippen LogP contribution is 2.31. The van der Waals surface area contributed by atoms with Gasteiger partial charge in [-0.25, -0.2) is 4.39 Å². The van der Waals surface area contributed by atoms with E-state index < -0.39 is 0 Å². The van der Waals surface area contributed by atoms with E-state index in [9.17, 15) is 9.50 Å². The number of nitrogens with zero attached hydrogens (tertiary/aromatic N) is 1. The molecule has 0 saturated carbocycles. The predicted octanol–water partition coefficient (Wildman–Crippen LogP) is 2.68. The van der Waals surface area contributed by atoms with Crippen LogP contribution in [-0.2, 0) is 6.42 Å². The molecule has 0 aliphatic rings. The van der Waals surface area contributed by atoms with Gasteiger partial charge in [0, 0.05) is 35.8 Å². The SMILES string of the molecule is CCc1c(F)cnc2cc(O)cc(NC)c12. The molecule has 1 aromatic carbocycles. The van der Waals surface area contributed by atoms with Gasteiger partial charge in [0.25, 0.3) is 0 Å². The number of aryl methyl sites for hydroxylation is 1. The molecule has 0 aliphatic carbocycles. The topological polar surface area (TPSA) is 45.2 Å². The van der Waals surface area contributed by atoms with Gasteiger partial charge in [-0.15, -0.1) is 0 Å². The van der Waals surface area contributed by atoms with E-state index in [-0.39, 0.29) is 11.6 Å². The number of aromatic hydroxyl groups is 1. The van der Waals surface area contributed by atoms with Crippen LogP contribution in [0.4, 0.5) is 10.1 Å². The second-order valence-corrected chi connectivity index (χ2v) is 3.58. The lowest BCUT2D eigenvalue weighted by Gasteiger charge is -2.11. The molecule has 0 spiro atoms. The highest BCUT2D eigenvalue weighted by Gasteiger charge is 2.11. The molecule has 0 unspecified atom stereocenters. The minimum Gasteiger partial charge on any atom is -0.508 e. The molecule has 0 aliphatic heterocycles. The molecule has 16 heavy (non-hydrogen) atoms. The quantitative estimate of drug-likeness (QED) is 0.817. The van der Waals surface area contributed by atoms with E-state index >= 15 is 0 Å². The number of benzene rings is 1. The van der Waals surface area contributed by atoms with Crippen LogP contribution in [0, 0.1) is 5.82 Å². The molecule has 0 saturated heterocycles. The van der Waals surface area contributed by atoms with Crippen LogP contribution >= 0.6 is 0 Å². The maximum atomic E-state index is 13.6. The third-order valence-corrected chi connectivity index (χ3v) is 2.63. The number of pyridine rings is 1. The largest absolute Gasteiger partial charge is 0.508 e. The molecule has 2 aromatic rings. The lowest BCUT2D eigenvalue weighted by molar-refractivity contribution is 0.476. The Kier molecular flexibility index (Phi) is 2.64. The summed E-state index contributed by atoms with van der Waals surface area (Å²) in [6, 6.07) is 3.11. The Morgan fingerprint density at radius 1 is 1.44 bits per heavy atom. The highest BCUT2D eigenvalue weighted by molar-refractivity contribution is 5.95. The van der Waals surface area contributed by atoms with Crippen LogP contribution in [0.3, 0.4) is 0 Å². The fourth-order valence-electron chi connectivity index (χ4n) is 1.90. The van der Waals surface area contributed by atoms with Gasteiger partial charge in [0.05, 0.1) is 11.7 Å². The Labute approximate surface area is 92.9 Å². The van der Waals surface area contributed by atoms with E-state index in [2.05, 4.69) is 10.3 Å². The van der Waals surface area contributed by atoms with Gasteiger partial charge in [0.15, 0.2) is 0 Å². The van der Waals surface area contributed by atoms with E-state index in [0.717, 1.165) is 5.39 Å². The Hall–Kier alpha value is -1.84. The summed E-state index contributed by atoms with van der Waals surface area (Å²) in [6.45, 7) is 1.89. The van der Waals surface area contributed by atoms with E-state index in [0.29, 0.717) is 23.2 Å². The van der Waals surface area contributed by atoms with Crippen molar-refractivity contribution in [3.63, 3.8) is 0 Å². The first-order valence-corrected chi connectivity index (χ1v) is 5.15. The molecule has 0 fully saturated rings. The summed E-state index contributed by atoms with van der Waals surface area (Å²) < 4.78 is 13.6. The first-order valence-electron chi connectivity index (χ1n) is 5.15. The monoisotopic (exact) mass is 220 g/mol. The maximum absolute atomic E-state index is 13.6. The molecule has 1 heterocycles. The number of phenols is 1. The first kappa shape index (κ1) is 10.7. The summed E-state index contributed by atoms with van der Waals surface area (Å²) in [5, 5.41) is 13.2. The first-order chi connectivity index (χ1) is 7.67. The summed E-state index contributed by atoms with van der Waals surface area (Å²) in [5.41, 5.74) is 1.91. The minimum absolute atomic E-state index is 0.123. The Bertz CT molecular complexity index is 540. The van der Waals surface area contributed by atoms with Crippen molar-refractivity contribution in [1.29, 1.82) is 0 Å². The van der Waals surface area contributed by atoms with E-state index in [1.54, 1.807) is 13.1 Å². The molecule has 3 nitrogen and oxygen atoms in total. The number of anilines is 1. The second-order valence-electron chi connectivity index (χ2n) is 3.58.